The third-order valence-electron chi connectivity index (χ3n) is 3.50. The molecule has 1 aromatic carbocycles. The van der Waals surface area contributed by atoms with Gasteiger partial charge in [-0.15, -0.1) is 0 Å². The first kappa shape index (κ1) is 15.6. The summed E-state index contributed by atoms with van der Waals surface area (Å²) in [5.41, 5.74) is -0.770. The zero-order valence-corrected chi connectivity index (χ0v) is 13.1. The predicted octanol–water partition coefficient (Wildman–Crippen LogP) is 2.98. The maximum absolute atomic E-state index is 12.8. The standard InChI is InChI=1S/C16H8F3N3O2S/c17-16(18,19)10-3-1-2-9(6-10)12-5-4-11(24-12)7-13-14(23)22-15(25-13)20-8-21-22/h1-8H. The summed E-state index contributed by atoms with van der Waals surface area (Å²) in [6.07, 6.45) is -1.62. The lowest BCUT2D eigenvalue weighted by Crippen LogP contribution is -2.23. The summed E-state index contributed by atoms with van der Waals surface area (Å²) >= 11 is 1.15. The van der Waals surface area contributed by atoms with Gasteiger partial charge in [0.15, 0.2) is 0 Å². The van der Waals surface area contributed by atoms with Crippen LogP contribution in [0.3, 0.4) is 0 Å². The molecule has 0 atom stereocenters. The van der Waals surface area contributed by atoms with Gasteiger partial charge in [-0.1, -0.05) is 23.5 Å². The van der Waals surface area contributed by atoms with E-state index < -0.39 is 11.7 Å². The van der Waals surface area contributed by atoms with Crippen LogP contribution in [0.5, 0.6) is 0 Å². The second-order valence-corrected chi connectivity index (χ2v) is 6.16. The minimum Gasteiger partial charge on any atom is -0.457 e. The van der Waals surface area contributed by atoms with Gasteiger partial charge in [0, 0.05) is 11.6 Å². The summed E-state index contributed by atoms with van der Waals surface area (Å²) in [7, 11) is 0. The molecule has 3 aromatic heterocycles. The molecule has 4 rings (SSSR count). The molecule has 5 nitrogen and oxygen atoms in total. The van der Waals surface area contributed by atoms with Crippen LogP contribution in [0.4, 0.5) is 13.2 Å². The first-order valence-electron chi connectivity index (χ1n) is 7.03. The number of rotatable bonds is 2. The molecule has 0 saturated heterocycles. The van der Waals surface area contributed by atoms with E-state index in [0.29, 0.717) is 20.8 Å². The number of thiazole rings is 1. The third-order valence-corrected chi connectivity index (χ3v) is 4.47. The van der Waals surface area contributed by atoms with Crippen molar-refractivity contribution in [2.24, 2.45) is 0 Å². The van der Waals surface area contributed by atoms with Gasteiger partial charge >= 0.3 is 6.18 Å². The summed E-state index contributed by atoms with van der Waals surface area (Å²) < 4.78 is 45.5. The number of fused-ring (bicyclic) bond motifs is 1. The van der Waals surface area contributed by atoms with Gasteiger partial charge in [-0.2, -0.15) is 22.8 Å². The van der Waals surface area contributed by atoms with E-state index >= 15 is 0 Å². The maximum Gasteiger partial charge on any atom is 0.416 e. The Morgan fingerprint density at radius 2 is 2.04 bits per heavy atom. The molecular formula is C16H8F3N3O2S. The molecule has 0 fully saturated rings. The average Bonchev–Trinajstić information content (AvgIpc) is 3.27. The molecule has 0 spiro atoms. The van der Waals surface area contributed by atoms with Crippen molar-refractivity contribution in [3.8, 4) is 11.3 Å². The van der Waals surface area contributed by atoms with E-state index in [9.17, 15) is 18.0 Å². The van der Waals surface area contributed by atoms with Crippen LogP contribution in [-0.2, 0) is 6.18 Å². The Labute approximate surface area is 141 Å². The second-order valence-electron chi connectivity index (χ2n) is 5.15. The molecule has 9 heteroatoms. The Morgan fingerprint density at radius 3 is 2.80 bits per heavy atom. The molecule has 4 aromatic rings. The number of aromatic nitrogens is 3. The van der Waals surface area contributed by atoms with E-state index in [1.807, 2.05) is 0 Å². The summed E-state index contributed by atoms with van der Waals surface area (Å²) in [6.45, 7) is 0. The van der Waals surface area contributed by atoms with Crippen molar-refractivity contribution in [2.75, 3.05) is 0 Å². The van der Waals surface area contributed by atoms with Crippen LogP contribution >= 0.6 is 11.3 Å². The molecule has 126 valence electrons. The monoisotopic (exact) mass is 363 g/mol. The van der Waals surface area contributed by atoms with Gasteiger partial charge in [0.1, 0.15) is 22.4 Å². The lowest BCUT2D eigenvalue weighted by atomic mass is 10.1. The molecule has 0 radical (unpaired) electrons. The highest BCUT2D eigenvalue weighted by atomic mass is 32.1. The molecule has 0 saturated carbocycles. The van der Waals surface area contributed by atoms with E-state index in [1.54, 1.807) is 12.1 Å². The lowest BCUT2D eigenvalue weighted by molar-refractivity contribution is -0.137. The zero-order valence-electron chi connectivity index (χ0n) is 12.3. The minimum absolute atomic E-state index is 0.282. The Kier molecular flexibility index (Phi) is 3.46. The second kappa shape index (κ2) is 5.55. The smallest absolute Gasteiger partial charge is 0.416 e. The molecular weight excluding hydrogens is 355 g/mol. The van der Waals surface area contributed by atoms with Crippen molar-refractivity contribution in [1.82, 2.24) is 14.6 Å². The molecule has 0 aliphatic carbocycles. The fourth-order valence-corrected chi connectivity index (χ4v) is 3.20. The average molecular weight is 363 g/mol. The van der Waals surface area contributed by atoms with Crippen molar-refractivity contribution >= 4 is 22.4 Å². The van der Waals surface area contributed by atoms with Gasteiger partial charge in [0.25, 0.3) is 5.56 Å². The summed E-state index contributed by atoms with van der Waals surface area (Å²) in [5.74, 6) is 0.637. The maximum atomic E-state index is 12.8. The largest absolute Gasteiger partial charge is 0.457 e. The number of halogens is 3. The first-order chi connectivity index (χ1) is 11.9. The Morgan fingerprint density at radius 1 is 1.20 bits per heavy atom. The van der Waals surface area contributed by atoms with E-state index in [4.69, 9.17) is 4.42 Å². The quantitative estimate of drug-likeness (QED) is 0.549. The molecule has 0 unspecified atom stereocenters. The molecule has 25 heavy (non-hydrogen) atoms. The van der Waals surface area contributed by atoms with Gasteiger partial charge in [0.2, 0.25) is 4.96 Å². The van der Waals surface area contributed by atoms with E-state index in [2.05, 4.69) is 10.1 Å². The van der Waals surface area contributed by atoms with Crippen LogP contribution in [0, 0.1) is 0 Å². The van der Waals surface area contributed by atoms with Crippen LogP contribution in [0.25, 0.3) is 22.4 Å². The van der Waals surface area contributed by atoms with Gasteiger partial charge in [0.05, 0.1) is 5.56 Å². The van der Waals surface area contributed by atoms with E-state index in [0.717, 1.165) is 23.5 Å². The van der Waals surface area contributed by atoms with Gasteiger partial charge in [-0.25, -0.2) is 4.98 Å². The summed E-state index contributed by atoms with van der Waals surface area (Å²) in [4.78, 5) is 16.5. The van der Waals surface area contributed by atoms with Crippen molar-refractivity contribution in [1.29, 1.82) is 0 Å². The molecule has 3 heterocycles. The van der Waals surface area contributed by atoms with Gasteiger partial charge in [-0.05, 0) is 24.3 Å². The fourth-order valence-electron chi connectivity index (χ4n) is 2.34. The molecule has 0 bridgehead atoms. The van der Waals surface area contributed by atoms with Crippen LogP contribution < -0.4 is 10.1 Å². The van der Waals surface area contributed by atoms with Crippen LogP contribution in [-0.4, -0.2) is 14.6 Å². The number of nitrogens with zero attached hydrogens (tertiary/aromatic N) is 3. The topological polar surface area (TPSA) is 60.4 Å². The fraction of sp³-hybridized carbons (Fsp3) is 0.0625. The first-order valence-corrected chi connectivity index (χ1v) is 7.85. The Balaban J connectivity index is 1.73. The van der Waals surface area contributed by atoms with Gasteiger partial charge in [-0.3, -0.25) is 4.79 Å². The van der Waals surface area contributed by atoms with Crippen LogP contribution in [0.15, 0.2) is 51.9 Å². The van der Waals surface area contributed by atoms with Crippen molar-refractivity contribution in [2.45, 2.75) is 6.18 Å². The molecule has 0 N–H and O–H groups in total. The minimum atomic E-state index is -4.42. The zero-order chi connectivity index (χ0) is 17.6. The molecule has 0 aliphatic rings. The Hall–Kier alpha value is -2.94. The third kappa shape index (κ3) is 2.82. The lowest BCUT2D eigenvalue weighted by Gasteiger charge is -2.07. The van der Waals surface area contributed by atoms with E-state index in [1.165, 1.54) is 29.1 Å². The number of benzene rings is 1. The number of alkyl halides is 3. The van der Waals surface area contributed by atoms with Crippen LogP contribution in [0.2, 0.25) is 0 Å². The summed E-state index contributed by atoms with van der Waals surface area (Å²) in [6, 6.07) is 8.01. The molecule has 0 aliphatic heterocycles. The van der Waals surface area contributed by atoms with E-state index in [-0.39, 0.29) is 11.3 Å². The van der Waals surface area contributed by atoms with Crippen LogP contribution in [0.1, 0.15) is 11.3 Å². The summed E-state index contributed by atoms with van der Waals surface area (Å²) in [5, 5.41) is 3.81. The highest BCUT2D eigenvalue weighted by molar-refractivity contribution is 7.15. The molecule has 0 amide bonds. The van der Waals surface area contributed by atoms with Crippen molar-refractivity contribution in [3.63, 3.8) is 0 Å². The van der Waals surface area contributed by atoms with Crippen molar-refractivity contribution in [3.05, 3.63) is 68.9 Å². The number of hydrogen-bond donors (Lipinski definition) is 0. The highest BCUT2D eigenvalue weighted by Gasteiger charge is 2.30. The number of hydrogen-bond acceptors (Lipinski definition) is 5. The Bertz CT molecular complexity index is 1170. The number of furan rings is 1. The predicted molar refractivity (Wildman–Crippen MR) is 85.1 cm³/mol. The van der Waals surface area contributed by atoms with Crippen molar-refractivity contribution < 1.29 is 17.6 Å². The normalized spacial score (nSPS) is 13.0. The van der Waals surface area contributed by atoms with Gasteiger partial charge < -0.3 is 4.42 Å². The highest BCUT2D eigenvalue weighted by Crippen LogP contribution is 2.32. The SMILES string of the molecule is O=c1c(=Cc2ccc(-c3cccc(C(F)(F)F)c3)o2)sc2ncnn12.